The molecule has 3 heterocycles. The van der Waals surface area contributed by atoms with Crippen molar-refractivity contribution >= 4 is 23.1 Å². The molecule has 0 radical (unpaired) electrons. The molecule has 0 atom stereocenters. The quantitative estimate of drug-likeness (QED) is 0.499. The van der Waals surface area contributed by atoms with Gasteiger partial charge >= 0.3 is 0 Å². The molecule has 1 spiro atoms. The molecule has 178 valence electrons. The highest BCUT2D eigenvalue weighted by Crippen LogP contribution is 2.41. The predicted molar refractivity (Wildman–Crippen MR) is 125 cm³/mol. The lowest BCUT2D eigenvalue weighted by Crippen LogP contribution is -2.52. The number of nitrogens with zero attached hydrogens (tertiary/aromatic N) is 3. The van der Waals surface area contributed by atoms with E-state index in [9.17, 15) is 19.7 Å². The molecule has 0 saturated carbocycles. The van der Waals surface area contributed by atoms with Crippen LogP contribution in [0.3, 0.4) is 0 Å². The van der Waals surface area contributed by atoms with E-state index in [-0.39, 0.29) is 23.8 Å². The van der Waals surface area contributed by atoms with Crippen LogP contribution in [-0.4, -0.2) is 60.4 Å². The Hall–Kier alpha value is -3.62. The number of fused-ring (bicyclic) bond motifs is 1. The molecule has 1 amide bonds. The summed E-state index contributed by atoms with van der Waals surface area (Å²) in [6, 6.07) is 9.98. The molecular weight excluding hydrogens is 438 g/mol. The molecule has 2 saturated heterocycles. The topological polar surface area (TPSA) is 102 Å². The third-order valence-corrected chi connectivity index (χ3v) is 7.12. The van der Waals surface area contributed by atoms with Gasteiger partial charge in [0.1, 0.15) is 22.8 Å². The second-order valence-corrected chi connectivity index (χ2v) is 9.19. The van der Waals surface area contributed by atoms with Gasteiger partial charge in [-0.2, -0.15) is 0 Å². The van der Waals surface area contributed by atoms with Gasteiger partial charge in [-0.15, -0.1) is 0 Å². The largest absolute Gasteiger partial charge is 0.497 e. The lowest BCUT2D eigenvalue weighted by atomic mass is 9.82. The van der Waals surface area contributed by atoms with Crippen LogP contribution in [0.2, 0.25) is 0 Å². The maximum absolute atomic E-state index is 13.2. The Morgan fingerprint density at radius 1 is 1.09 bits per heavy atom. The molecule has 0 unspecified atom stereocenters. The number of benzene rings is 2. The standard InChI is InChI=1S/C25H27N3O6/c1-33-18-5-7-23-19(15-18)22(29)16-25(34-23)8-12-27(13-9-25)24(30)17-4-6-20(21(14-17)28(31)32)26-10-2-3-11-26/h4-7,14-15H,2-3,8-13,16H2,1H3. The van der Waals surface area contributed by atoms with Crippen molar-refractivity contribution < 1.29 is 24.0 Å². The number of nitro groups is 1. The number of amides is 1. The van der Waals surface area contributed by atoms with Gasteiger partial charge in [0, 0.05) is 50.7 Å². The molecule has 3 aliphatic heterocycles. The summed E-state index contributed by atoms with van der Waals surface area (Å²) in [4.78, 5) is 41.0. The first-order valence-corrected chi connectivity index (χ1v) is 11.6. The number of hydrogen-bond donors (Lipinski definition) is 0. The summed E-state index contributed by atoms with van der Waals surface area (Å²) in [5.74, 6) is 0.924. The number of carbonyl (C=O) groups excluding carboxylic acids is 2. The molecule has 2 aromatic carbocycles. The zero-order valence-corrected chi connectivity index (χ0v) is 19.1. The van der Waals surface area contributed by atoms with Crippen LogP contribution in [0.25, 0.3) is 0 Å². The number of Topliss-reactive ketones (excluding diaryl/α,β-unsaturated/α-hetero) is 1. The monoisotopic (exact) mass is 465 g/mol. The smallest absolute Gasteiger partial charge is 0.293 e. The van der Waals surface area contributed by atoms with Crippen molar-refractivity contribution in [3.8, 4) is 11.5 Å². The molecule has 9 nitrogen and oxygen atoms in total. The normalized spacial score (nSPS) is 19.0. The van der Waals surface area contributed by atoms with E-state index in [0.29, 0.717) is 54.2 Å². The van der Waals surface area contributed by atoms with Crippen LogP contribution in [-0.2, 0) is 0 Å². The van der Waals surface area contributed by atoms with Crippen LogP contribution in [0.1, 0.15) is 52.8 Å². The predicted octanol–water partition coefficient (Wildman–Crippen LogP) is 3.84. The van der Waals surface area contributed by atoms with Gasteiger partial charge in [-0.25, -0.2) is 0 Å². The van der Waals surface area contributed by atoms with E-state index in [2.05, 4.69) is 0 Å². The summed E-state index contributed by atoms with van der Waals surface area (Å²) in [7, 11) is 1.55. The van der Waals surface area contributed by atoms with Crippen LogP contribution in [0.5, 0.6) is 11.5 Å². The van der Waals surface area contributed by atoms with Gasteiger partial charge in [-0.1, -0.05) is 0 Å². The Labute approximate surface area is 197 Å². The highest BCUT2D eigenvalue weighted by atomic mass is 16.6. The molecule has 0 aliphatic carbocycles. The Morgan fingerprint density at radius 2 is 1.82 bits per heavy atom. The SMILES string of the molecule is COc1ccc2c(c1)C(=O)CC1(CCN(C(=O)c3ccc(N4CCCC4)c([N+](=O)[O-])c3)CC1)O2. The van der Waals surface area contributed by atoms with Gasteiger partial charge in [0.05, 0.1) is 24.0 Å². The fourth-order valence-corrected chi connectivity index (χ4v) is 5.21. The first-order chi connectivity index (χ1) is 16.4. The van der Waals surface area contributed by atoms with Crippen molar-refractivity contribution in [3.05, 3.63) is 57.6 Å². The summed E-state index contributed by atoms with van der Waals surface area (Å²) in [6.45, 7) is 2.41. The van der Waals surface area contributed by atoms with Gasteiger partial charge in [0.2, 0.25) is 0 Å². The van der Waals surface area contributed by atoms with Crippen LogP contribution in [0, 0.1) is 10.1 Å². The lowest BCUT2D eigenvalue weighted by molar-refractivity contribution is -0.384. The number of methoxy groups -OCH3 is 1. The van der Waals surface area contributed by atoms with Crippen LogP contribution in [0.15, 0.2) is 36.4 Å². The zero-order chi connectivity index (χ0) is 23.9. The number of likely N-dealkylation sites (tertiary alicyclic amines) is 1. The number of nitro benzene ring substituents is 1. The van der Waals surface area contributed by atoms with Crippen LogP contribution in [0.4, 0.5) is 11.4 Å². The number of rotatable bonds is 4. The summed E-state index contributed by atoms with van der Waals surface area (Å²) >= 11 is 0. The number of ketones is 1. The fourth-order valence-electron chi connectivity index (χ4n) is 5.21. The van der Waals surface area contributed by atoms with Crippen molar-refractivity contribution in [2.75, 3.05) is 38.2 Å². The minimum atomic E-state index is -0.638. The number of carbonyl (C=O) groups is 2. The van der Waals surface area contributed by atoms with Crippen molar-refractivity contribution in [1.82, 2.24) is 4.90 Å². The number of anilines is 1. The molecule has 9 heteroatoms. The van der Waals surface area contributed by atoms with Crippen LogP contribution < -0.4 is 14.4 Å². The molecule has 5 rings (SSSR count). The third-order valence-electron chi connectivity index (χ3n) is 7.12. The first-order valence-electron chi connectivity index (χ1n) is 11.6. The maximum Gasteiger partial charge on any atom is 0.293 e. The van der Waals surface area contributed by atoms with Gasteiger partial charge in [0.25, 0.3) is 11.6 Å². The zero-order valence-electron chi connectivity index (χ0n) is 19.1. The lowest BCUT2D eigenvalue weighted by Gasteiger charge is -2.44. The first kappa shape index (κ1) is 22.2. The summed E-state index contributed by atoms with van der Waals surface area (Å²) in [6.07, 6.45) is 3.31. The van der Waals surface area contributed by atoms with E-state index in [1.54, 1.807) is 42.3 Å². The van der Waals surface area contributed by atoms with Crippen LogP contribution >= 0.6 is 0 Å². The Kier molecular flexibility index (Phi) is 5.63. The molecule has 2 aromatic rings. The highest BCUT2D eigenvalue weighted by molar-refractivity contribution is 6.01. The van der Waals surface area contributed by atoms with E-state index >= 15 is 0 Å². The van der Waals surface area contributed by atoms with Crippen molar-refractivity contribution in [3.63, 3.8) is 0 Å². The Bertz CT molecular complexity index is 1150. The number of piperidine rings is 1. The number of ether oxygens (including phenoxy) is 2. The van der Waals surface area contributed by atoms with E-state index in [1.165, 1.54) is 6.07 Å². The molecule has 0 aromatic heterocycles. The highest BCUT2D eigenvalue weighted by Gasteiger charge is 2.44. The van der Waals surface area contributed by atoms with Crippen molar-refractivity contribution in [1.29, 1.82) is 0 Å². The van der Waals surface area contributed by atoms with Gasteiger partial charge in [0.15, 0.2) is 5.78 Å². The van der Waals surface area contributed by atoms with Crippen molar-refractivity contribution in [2.45, 2.75) is 37.7 Å². The Morgan fingerprint density at radius 3 is 2.50 bits per heavy atom. The second-order valence-electron chi connectivity index (χ2n) is 9.19. The average molecular weight is 466 g/mol. The van der Waals surface area contributed by atoms with Gasteiger partial charge < -0.3 is 19.3 Å². The summed E-state index contributed by atoms with van der Waals surface area (Å²) < 4.78 is 11.5. The molecule has 3 aliphatic rings. The summed E-state index contributed by atoms with van der Waals surface area (Å²) in [5.41, 5.74) is 0.731. The second kappa shape index (κ2) is 8.62. The van der Waals surface area contributed by atoms with Gasteiger partial charge in [-0.05, 0) is 43.2 Å². The fraction of sp³-hybridized carbons (Fsp3) is 0.440. The molecule has 34 heavy (non-hydrogen) atoms. The van der Waals surface area contributed by atoms with E-state index in [1.807, 2.05) is 4.90 Å². The molecule has 0 bridgehead atoms. The average Bonchev–Trinajstić information content (AvgIpc) is 3.38. The Balaban J connectivity index is 1.30. The van der Waals surface area contributed by atoms with E-state index in [0.717, 1.165) is 25.9 Å². The van der Waals surface area contributed by atoms with E-state index in [4.69, 9.17) is 9.47 Å². The minimum Gasteiger partial charge on any atom is -0.497 e. The van der Waals surface area contributed by atoms with Gasteiger partial charge in [-0.3, -0.25) is 19.7 Å². The molecular formula is C25H27N3O6. The molecule has 2 fully saturated rings. The van der Waals surface area contributed by atoms with Crippen molar-refractivity contribution in [2.24, 2.45) is 0 Å². The molecule has 0 N–H and O–H groups in total. The number of hydrogen-bond acceptors (Lipinski definition) is 7. The van der Waals surface area contributed by atoms with E-state index < -0.39 is 10.5 Å². The minimum absolute atomic E-state index is 0.00746. The maximum atomic E-state index is 13.2. The third kappa shape index (κ3) is 3.95. The summed E-state index contributed by atoms with van der Waals surface area (Å²) in [5, 5.41) is 11.7.